The van der Waals surface area contributed by atoms with Gasteiger partial charge in [0, 0.05) is 25.2 Å². The molecule has 112 valence electrons. The van der Waals surface area contributed by atoms with Crippen LogP contribution in [0.15, 0.2) is 53.7 Å². The molecule has 0 saturated heterocycles. The van der Waals surface area contributed by atoms with Crippen molar-refractivity contribution in [2.75, 3.05) is 13.1 Å². The molecule has 0 amide bonds. The molecule has 1 aromatic rings. The van der Waals surface area contributed by atoms with E-state index in [0.29, 0.717) is 11.8 Å². The fraction of sp³-hybridized carbons (Fsp3) is 0.421. The summed E-state index contributed by atoms with van der Waals surface area (Å²) in [4.78, 5) is 7.11. The topological polar surface area (TPSA) is 15.6 Å². The average molecular weight is 282 g/mol. The molecule has 1 atom stereocenters. The molecule has 2 heteroatoms. The second-order valence-electron chi connectivity index (χ2n) is 5.73. The second-order valence-corrected chi connectivity index (χ2v) is 5.73. The van der Waals surface area contributed by atoms with Crippen LogP contribution in [-0.4, -0.2) is 23.8 Å². The van der Waals surface area contributed by atoms with Gasteiger partial charge >= 0.3 is 0 Å². The van der Waals surface area contributed by atoms with Crippen LogP contribution >= 0.6 is 0 Å². The molecule has 0 bridgehead atoms. The Balaban J connectivity index is 2.40. The van der Waals surface area contributed by atoms with E-state index in [0.717, 1.165) is 13.1 Å². The molecule has 0 saturated carbocycles. The van der Waals surface area contributed by atoms with E-state index in [1.165, 1.54) is 17.0 Å². The van der Waals surface area contributed by atoms with Gasteiger partial charge in [-0.1, -0.05) is 50.3 Å². The lowest BCUT2D eigenvalue weighted by Crippen LogP contribution is -2.37. The van der Waals surface area contributed by atoms with Crippen molar-refractivity contribution >= 4 is 11.4 Å². The fourth-order valence-corrected chi connectivity index (χ4v) is 2.76. The zero-order valence-corrected chi connectivity index (χ0v) is 13.6. The van der Waals surface area contributed by atoms with Gasteiger partial charge in [0.05, 0.1) is 0 Å². The van der Waals surface area contributed by atoms with Crippen LogP contribution in [-0.2, 0) is 0 Å². The molecular weight excluding hydrogens is 256 g/mol. The molecule has 21 heavy (non-hydrogen) atoms. The Bertz CT molecular complexity index is 534. The summed E-state index contributed by atoms with van der Waals surface area (Å²) in [6, 6.07) is 10.6. The molecule has 0 spiro atoms. The first-order valence-corrected chi connectivity index (χ1v) is 7.93. The maximum atomic E-state index is 4.75. The SMILES string of the molecule is CCN(CC)C1=NC=CC(c2ccccc2)=CC1C(C)C. The highest BCUT2D eigenvalue weighted by Gasteiger charge is 2.23. The average Bonchev–Trinajstić information content (AvgIpc) is 2.73. The molecule has 1 aromatic carbocycles. The summed E-state index contributed by atoms with van der Waals surface area (Å²) in [5, 5.41) is 0. The lowest BCUT2D eigenvalue weighted by molar-refractivity contribution is 0.419. The number of allylic oxidation sites excluding steroid dienone is 2. The first-order chi connectivity index (χ1) is 10.2. The maximum absolute atomic E-state index is 4.75. The van der Waals surface area contributed by atoms with Crippen molar-refractivity contribution in [1.82, 2.24) is 4.90 Å². The van der Waals surface area contributed by atoms with Gasteiger partial charge < -0.3 is 4.90 Å². The second kappa shape index (κ2) is 7.26. The first kappa shape index (κ1) is 15.6. The van der Waals surface area contributed by atoms with Crippen molar-refractivity contribution in [1.29, 1.82) is 0 Å². The molecule has 0 radical (unpaired) electrons. The predicted molar refractivity (Wildman–Crippen MR) is 92.2 cm³/mol. The smallest absolute Gasteiger partial charge is 0.111 e. The quantitative estimate of drug-likeness (QED) is 0.787. The highest BCUT2D eigenvalue weighted by Crippen LogP contribution is 2.26. The van der Waals surface area contributed by atoms with Gasteiger partial charge in [-0.15, -0.1) is 0 Å². The van der Waals surface area contributed by atoms with Gasteiger partial charge in [-0.3, -0.25) is 0 Å². The normalized spacial score (nSPS) is 18.2. The van der Waals surface area contributed by atoms with Gasteiger partial charge in [-0.05, 0) is 37.0 Å². The minimum Gasteiger partial charge on any atom is -0.360 e. The molecule has 0 aliphatic carbocycles. The van der Waals surface area contributed by atoms with E-state index in [1.54, 1.807) is 0 Å². The Morgan fingerprint density at radius 1 is 1.10 bits per heavy atom. The summed E-state index contributed by atoms with van der Waals surface area (Å²) in [6.45, 7) is 10.9. The largest absolute Gasteiger partial charge is 0.360 e. The molecule has 1 heterocycles. The molecule has 0 N–H and O–H groups in total. The monoisotopic (exact) mass is 282 g/mol. The summed E-state index contributed by atoms with van der Waals surface area (Å²) in [7, 11) is 0. The van der Waals surface area contributed by atoms with E-state index < -0.39 is 0 Å². The minimum atomic E-state index is 0.357. The Kier molecular flexibility index (Phi) is 5.38. The minimum absolute atomic E-state index is 0.357. The number of nitrogens with zero attached hydrogens (tertiary/aromatic N) is 2. The number of hydrogen-bond acceptors (Lipinski definition) is 2. The Morgan fingerprint density at radius 2 is 1.76 bits per heavy atom. The molecule has 1 aliphatic heterocycles. The number of amidine groups is 1. The highest BCUT2D eigenvalue weighted by atomic mass is 15.2. The van der Waals surface area contributed by atoms with Crippen LogP contribution in [0.25, 0.3) is 5.57 Å². The third kappa shape index (κ3) is 3.63. The van der Waals surface area contributed by atoms with E-state index in [1.807, 2.05) is 6.20 Å². The van der Waals surface area contributed by atoms with Crippen LogP contribution in [0.5, 0.6) is 0 Å². The molecule has 2 rings (SSSR count). The van der Waals surface area contributed by atoms with Crippen LogP contribution in [0, 0.1) is 11.8 Å². The Morgan fingerprint density at radius 3 is 2.33 bits per heavy atom. The summed E-state index contributed by atoms with van der Waals surface area (Å²) in [5.74, 6) is 2.08. The molecule has 0 fully saturated rings. The lowest BCUT2D eigenvalue weighted by Gasteiger charge is -2.29. The summed E-state index contributed by atoms with van der Waals surface area (Å²) in [5.41, 5.74) is 2.52. The first-order valence-electron chi connectivity index (χ1n) is 7.93. The van der Waals surface area contributed by atoms with Gasteiger partial charge in [-0.2, -0.15) is 0 Å². The predicted octanol–water partition coefficient (Wildman–Crippen LogP) is 4.61. The van der Waals surface area contributed by atoms with Crippen LogP contribution in [0.4, 0.5) is 0 Å². The van der Waals surface area contributed by atoms with Crippen LogP contribution in [0.1, 0.15) is 33.3 Å². The number of aliphatic imine (C=N–C) groups is 1. The van der Waals surface area contributed by atoms with Crippen LogP contribution in [0.3, 0.4) is 0 Å². The van der Waals surface area contributed by atoms with Gasteiger partial charge in [0.25, 0.3) is 0 Å². The number of hydrogen-bond donors (Lipinski definition) is 0. The summed E-state index contributed by atoms with van der Waals surface area (Å²) < 4.78 is 0. The third-order valence-electron chi connectivity index (χ3n) is 4.03. The van der Waals surface area contributed by atoms with Crippen molar-refractivity contribution in [3.8, 4) is 0 Å². The summed E-state index contributed by atoms with van der Waals surface area (Å²) in [6.07, 6.45) is 6.46. The maximum Gasteiger partial charge on any atom is 0.111 e. The van der Waals surface area contributed by atoms with Crippen molar-refractivity contribution in [2.24, 2.45) is 16.8 Å². The van der Waals surface area contributed by atoms with Gasteiger partial charge in [0.1, 0.15) is 5.84 Å². The van der Waals surface area contributed by atoms with Crippen molar-refractivity contribution < 1.29 is 0 Å². The van der Waals surface area contributed by atoms with Crippen molar-refractivity contribution in [3.05, 3.63) is 54.2 Å². The zero-order chi connectivity index (χ0) is 15.2. The molecule has 2 nitrogen and oxygen atoms in total. The molecular formula is C19H26N2. The molecule has 0 aromatic heterocycles. The van der Waals surface area contributed by atoms with Gasteiger partial charge in [0.2, 0.25) is 0 Å². The van der Waals surface area contributed by atoms with Crippen LogP contribution < -0.4 is 0 Å². The highest BCUT2D eigenvalue weighted by molar-refractivity contribution is 5.91. The van der Waals surface area contributed by atoms with E-state index in [9.17, 15) is 0 Å². The lowest BCUT2D eigenvalue weighted by atomic mass is 9.90. The van der Waals surface area contributed by atoms with E-state index in [4.69, 9.17) is 4.99 Å². The molecule has 1 unspecified atom stereocenters. The van der Waals surface area contributed by atoms with E-state index in [2.05, 4.69) is 75.1 Å². The Labute approximate surface area is 128 Å². The third-order valence-corrected chi connectivity index (χ3v) is 4.03. The number of rotatable bonds is 4. The summed E-state index contributed by atoms with van der Waals surface area (Å²) >= 11 is 0. The zero-order valence-electron chi connectivity index (χ0n) is 13.6. The van der Waals surface area contributed by atoms with Crippen molar-refractivity contribution in [2.45, 2.75) is 27.7 Å². The number of benzene rings is 1. The van der Waals surface area contributed by atoms with E-state index in [-0.39, 0.29) is 0 Å². The van der Waals surface area contributed by atoms with Gasteiger partial charge in [0.15, 0.2) is 0 Å². The van der Waals surface area contributed by atoms with E-state index >= 15 is 0 Å². The van der Waals surface area contributed by atoms with Gasteiger partial charge in [-0.25, -0.2) is 4.99 Å². The van der Waals surface area contributed by atoms with Crippen molar-refractivity contribution in [3.63, 3.8) is 0 Å². The fourth-order valence-electron chi connectivity index (χ4n) is 2.76. The molecule has 1 aliphatic rings. The Hall–Kier alpha value is -1.83. The van der Waals surface area contributed by atoms with Crippen LogP contribution in [0.2, 0.25) is 0 Å². The standard InChI is InChI=1S/C19H26N2/c1-5-21(6-2)19-18(15(3)4)14-17(12-13-20-19)16-10-8-7-9-11-16/h7-15,18H,5-6H2,1-4H3.